The van der Waals surface area contributed by atoms with Gasteiger partial charge in [-0.15, -0.1) is 0 Å². The zero-order valence-electron chi connectivity index (χ0n) is 16.6. The Morgan fingerprint density at radius 3 is 2.21 bits per heavy atom. The molecule has 1 aliphatic rings. The fraction of sp³-hybridized carbons (Fsp3) is 0.391. The van der Waals surface area contributed by atoms with Crippen LogP contribution in [0.4, 0.5) is 4.79 Å². The molecule has 0 unspecified atom stereocenters. The number of esters is 1. The number of likely N-dealkylation sites (tertiary alicyclic amines) is 1. The van der Waals surface area contributed by atoms with Crippen LogP contribution >= 0.6 is 0 Å². The summed E-state index contributed by atoms with van der Waals surface area (Å²) < 4.78 is 11.4. The molecule has 0 spiro atoms. The first-order chi connectivity index (χ1) is 13.3. The summed E-state index contributed by atoms with van der Waals surface area (Å²) in [4.78, 5) is 27.0. The molecular weight excluding hydrogens is 354 g/mol. The number of amides is 1. The van der Waals surface area contributed by atoms with Gasteiger partial charge in [0.05, 0.1) is 11.6 Å². The average molecular weight is 381 g/mol. The van der Waals surface area contributed by atoms with E-state index in [1.807, 2.05) is 57.2 Å². The van der Waals surface area contributed by atoms with Gasteiger partial charge in [0.25, 0.3) is 0 Å². The Hall–Kier alpha value is -2.82. The molecule has 0 bridgehead atoms. The predicted molar refractivity (Wildman–Crippen MR) is 107 cm³/mol. The van der Waals surface area contributed by atoms with E-state index in [0.717, 1.165) is 5.56 Å². The molecule has 0 aliphatic carbocycles. The van der Waals surface area contributed by atoms with Crippen molar-refractivity contribution in [3.8, 4) is 0 Å². The van der Waals surface area contributed by atoms with Crippen molar-refractivity contribution >= 4 is 12.1 Å². The second kappa shape index (κ2) is 8.46. The molecule has 28 heavy (non-hydrogen) atoms. The number of hydrogen-bond donors (Lipinski definition) is 0. The van der Waals surface area contributed by atoms with E-state index < -0.39 is 5.60 Å². The van der Waals surface area contributed by atoms with Gasteiger partial charge in [-0.05, 0) is 44.9 Å². The third kappa shape index (κ3) is 5.12. The number of benzene rings is 2. The van der Waals surface area contributed by atoms with E-state index in [-0.39, 0.29) is 24.2 Å². The maximum Gasteiger partial charge on any atom is 0.410 e. The molecule has 1 heterocycles. The second-order valence-corrected chi connectivity index (χ2v) is 8.03. The normalized spacial score (nSPS) is 19.3. The Balaban J connectivity index is 1.78. The van der Waals surface area contributed by atoms with Crippen LogP contribution in [0.15, 0.2) is 60.7 Å². The van der Waals surface area contributed by atoms with Gasteiger partial charge in [0.15, 0.2) is 0 Å². The second-order valence-electron chi connectivity index (χ2n) is 8.03. The Bertz CT molecular complexity index is 798. The van der Waals surface area contributed by atoms with E-state index in [9.17, 15) is 9.59 Å². The van der Waals surface area contributed by atoms with Crippen LogP contribution in [-0.2, 0) is 15.9 Å². The molecule has 5 nitrogen and oxygen atoms in total. The minimum atomic E-state index is -0.576. The third-order valence-electron chi connectivity index (χ3n) is 4.67. The van der Waals surface area contributed by atoms with Gasteiger partial charge in [-0.3, -0.25) is 0 Å². The van der Waals surface area contributed by atoms with Gasteiger partial charge < -0.3 is 14.4 Å². The van der Waals surface area contributed by atoms with E-state index in [0.29, 0.717) is 24.9 Å². The molecule has 1 amide bonds. The van der Waals surface area contributed by atoms with E-state index in [1.54, 1.807) is 29.2 Å². The Morgan fingerprint density at radius 1 is 1.00 bits per heavy atom. The number of rotatable bonds is 4. The first kappa shape index (κ1) is 19.9. The van der Waals surface area contributed by atoms with Crippen LogP contribution in [0.3, 0.4) is 0 Å². The van der Waals surface area contributed by atoms with Crippen molar-refractivity contribution < 1.29 is 19.1 Å². The van der Waals surface area contributed by atoms with Crippen LogP contribution in [0.2, 0.25) is 0 Å². The average Bonchev–Trinajstić information content (AvgIpc) is 3.04. The van der Waals surface area contributed by atoms with Gasteiger partial charge in [0, 0.05) is 13.0 Å². The molecule has 148 valence electrons. The molecule has 0 N–H and O–H groups in total. The summed E-state index contributed by atoms with van der Waals surface area (Å²) in [6, 6.07) is 18.6. The number of carbonyl (C=O) groups is 2. The van der Waals surface area contributed by atoms with E-state index >= 15 is 0 Å². The first-order valence-corrected chi connectivity index (χ1v) is 9.63. The summed E-state index contributed by atoms with van der Waals surface area (Å²) in [5.74, 6) is -0.366. The largest absolute Gasteiger partial charge is 0.456 e. The fourth-order valence-corrected chi connectivity index (χ4v) is 3.39. The summed E-state index contributed by atoms with van der Waals surface area (Å²) in [5.41, 5.74) is 1.02. The maximum absolute atomic E-state index is 12.7. The molecule has 5 heteroatoms. The lowest BCUT2D eigenvalue weighted by atomic mass is 10.0. The summed E-state index contributed by atoms with van der Waals surface area (Å²) in [6.45, 7) is 6.04. The SMILES string of the molecule is CC(C)(C)OC(=O)N1CC[C@@H](OC(=O)c2ccccc2)[C@@H]1Cc1ccccc1. The highest BCUT2D eigenvalue weighted by atomic mass is 16.6. The molecule has 2 aromatic rings. The van der Waals surface area contributed by atoms with Crippen LogP contribution in [-0.4, -0.2) is 41.3 Å². The Kier molecular flexibility index (Phi) is 6.02. The lowest BCUT2D eigenvalue weighted by molar-refractivity contribution is 0.00377. The summed E-state index contributed by atoms with van der Waals surface area (Å²) >= 11 is 0. The van der Waals surface area contributed by atoms with E-state index in [4.69, 9.17) is 9.47 Å². The van der Waals surface area contributed by atoms with Gasteiger partial charge >= 0.3 is 12.1 Å². The fourth-order valence-electron chi connectivity index (χ4n) is 3.39. The van der Waals surface area contributed by atoms with Crippen LogP contribution in [0.1, 0.15) is 43.1 Å². The molecule has 0 radical (unpaired) electrons. The summed E-state index contributed by atoms with van der Waals surface area (Å²) in [6.07, 6.45) is 0.453. The van der Waals surface area contributed by atoms with Crippen molar-refractivity contribution in [1.29, 1.82) is 0 Å². The predicted octanol–water partition coefficient (Wildman–Crippen LogP) is 4.46. The van der Waals surface area contributed by atoms with Crippen molar-refractivity contribution in [2.75, 3.05) is 6.54 Å². The monoisotopic (exact) mass is 381 g/mol. The minimum absolute atomic E-state index is 0.259. The van der Waals surface area contributed by atoms with Gasteiger partial charge in [-0.1, -0.05) is 48.5 Å². The molecule has 3 rings (SSSR count). The Morgan fingerprint density at radius 2 is 1.61 bits per heavy atom. The quantitative estimate of drug-likeness (QED) is 0.734. The van der Waals surface area contributed by atoms with E-state index in [2.05, 4.69) is 0 Å². The summed E-state index contributed by atoms with van der Waals surface area (Å²) in [5, 5.41) is 0. The molecule has 2 atom stereocenters. The van der Waals surface area contributed by atoms with Crippen LogP contribution in [0.5, 0.6) is 0 Å². The molecular formula is C23H27NO4. The number of ether oxygens (including phenoxy) is 2. The number of hydrogen-bond acceptors (Lipinski definition) is 4. The van der Waals surface area contributed by atoms with Gasteiger partial charge in [-0.25, -0.2) is 9.59 Å². The van der Waals surface area contributed by atoms with Crippen LogP contribution in [0.25, 0.3) is 0 Å². The molecule has 1 aliphatic heterocycles. The van der Waals surface area contributed by atoms with Crippen LogP contribution < -0.4 is 0 Å². The third-order valence-corrected chi connectivity index (χ3v) is 4.67. The lowest BCUT2D eigenvalue weighted by Crippen LogP contribution is -2.44. The van der Waals surface area contributed by atoms with Gasteiger partial charge in [0.2, 0.25) is 0 Å². The van der Waals surface area contributed by atoms with Crippen LogP contribution in [0, 0.1) is 0 Å². The standard InChI is InChI=1S/C23H27NO4/c1-23(2,3)28-22(26)24-15-14-20(19(24)16-17-10-6-4-7-11-17)27-21(25)18-12-8-5-9-13-18/h4-13,19-20H,14-16H2,1-3H3/t19-,20+/m0/s1. The topological polar surface area (TPSA) is 55.8 Å². The smallest absolute Gasteiger partial charge is 0.410 e. The first-order valence-electron chi connectivity index (χ1n) is 9.63. The van der Waals surface area contributed by atoms with Crippen molar-refractivity contribution in [3.05, 3.63) is 71.8 Å². The lowest BCUT2D eigenvalue weighted by Gasteiger charge is -2.30. The highest BCUT2D eigenvalue weighted by molar-refractivity contribution is 5.89. The molecule has 0 saturated carbocycles. The highest BCUT2D eigenvalue weighted by Crippen LogP contribution is 2.27. The van der Waals surface area contributed by atoms with Crippen molar-refractivity contribution in [2.45, 2.75) is 51.4 Å². The van der Waals surface area contributed by atoms with E-state index in [1.165, 1.54) is 0 Å². The number of carbonyl (C=O) groups excluding carboxylic acids is 2. The number of nitrogens with zero attached hydrogens (tertiary/aromatic N) is 1. The zero-order chi connectivity index (χ0) is 20.1. The zero-order valence-corrected chi connectivity index (χ0v) is 16.6. The highest BCUT2D eigenvalue weighted by Gasteiger charge is 2.41. The Labute approximate surface area is 166 Å². The molecule has 1 fully saturated rings. The maximum atomic E-state index is 12.7. The molecule has 1 saturated heterocycles. The van der Waals surface area contributed by atoms with Crippen molar-refractivity contribution in [3.63, 3.8) is 0 Å². The van der Waals surface area contributed by atoms with Crippen molar-refractivity contribution in [2.24, 2.45) is 0 Å². The van der Waals surface area contributed by atoms with Gasteiger partial charge in [-0.2, -0.15) is 0 Å². The minimum Gasteiger partial charge on any atom is -0.456 e. The summed E-state index contributed by atoms with van der Waals surface area (Å²) in [7, 11) is 0. The molecule has 2 aromatic carbocycles. The van der Waals surface area contributed by atoms with Crippen molar-refractivity contribution in [1.82, 2.24) is 4.90 Å². The van der Waals surface area contributed by atoms with Gasteiger partial charge in [0.1, 0.15) is 11.7 Å². The molecule has 0 aromatic heterocycles.